The van der Waals surface area contributed by atoms with E-state index in [-0.39, 0.29) is 0 Å². The van der Waals surface area contributed by atoms with E-state index in [1.807, 2.05) is 31.2 Å². The van der Waals surface area contributed by atoms with E-state index in [0.717, 1.165) is 26.8 Å². The Morgan fingerprint density at radius 3 is 2.76 bits per heavy atom. The molecule has 1 heterocycles. The van der Waals surface area contributed by atoms with Gasteiger partial charge in [0.2, 0.25) is 0 Å². The van der Waals surface area contributed by atoms with Crippen LogP contribution in [0.3, 0.4) is 0 Å². The second-order valence-corrected chi connectivity index (χ2v) is 6.74. The van der Waals surface area contributed by atoms with Crippen molar-refractivity contribution in [3.8, 4) is 11.8 Å². The molecule has 0 aliphatic carbocycles. The van der Waals surface area contributed by atoms with Gasteiger partial charge in [0, 0.05) is 10.0 Å². The molecule has 3 rings (SSSR count). The highest BCUT2D eigenvalue weighted by Crippen LogP contribution is 2.28. The Bertz CT molecular complexity index is 973. The number of hydrogen-bond donors (Lipinski definition) is 1. The number of aryl methyl sites for hydroxylation is 2. The van der Waals surface area contributed by atoms with Gasteiger partial charge >= 0.3 is 0 Å². The molecule has 0 radical (unpaired) electrons. The van der Waals surface area contributed by atoms with Gasteiger partial charge in [0.1, 0.15) is 17.6 Å². The summed E-state index contributed by atoms with van der Waals surface area (Å²) in [6.45, 7) is 6.62. The second-order valence-electron chi connectivity index (χ2n) is 5.82. The van der Waals surface area contributed by atoms with Crippen LogP contribution in [-0.2, 0) is 0 Å². The molecule has 3 aromatic rings. The normalized spacial score (nSPS) is 11.6. The van der Waals surface area contributed by atoms with E-state index in [9.17, 15) is 5.26 Å². The Kier molecular flexibility index (Phi) is 4.91. The van der Waals surface area contributed by atoms with Gasteiger partial charge in [-0.25, -0.2) is 4.98 Å². The van der Waals surface area contributed by atoms with Gasteiger partial charge in [-0.15, -0.1) is 0 Å². The molecule has 1 N–H and O–H groups in total. The molecule has 0 fully saturated rings. The third-order valence-corrected chi connectivity index (χ3v) is 4.54. The lowest BCUT2D eigenvalue weighted by Gasteiger charge is -2.07. The van der Waals surface area contributed by atoms with Crippen molar-refractivity contribution in [3.05, 3.63) is 57.3 Å². The number of ether oxygens (including phenoxy) is 1. The lowest BCUT2D eigenvalue weighted by Crippen LogP contribution is -1.94. The molecular formula is C20H18BrN3O. The van der Waals surface area contributed by atoms with Crippen molar-refractivity contribution in [2.75, 3.05) is 6.61 Å². The quantitative estimate of drug-likeness (QED) is 0.601. The maximum absolute atomic E-state index is 9.63. The van der Waals surface area contributed by atoms with E-state index in [4.69, 9.17) is 4.74 Å². The van der Waals surface area contributed by atoms with Crippen LogP contribution >= 0.6 is 15.9 Å². The zero-order valence-electron chi connectivity index (χ0n) is 14.4. The number of rotatable bonds is 4. The van der Waals surface area contributed by atoms with Crippen LogP contribution in [-0.4, -0.2) is 16.6 Å². The fourth-order valence-corrected chi connectivity index (χ4v) is 3.00. The Balaban J connectivity index is 2.10. The number of allylic oxidation sites excluding steroid dienone is 1. The second kappa shape index (κ2) is 7.12. The third-order valence-electron chi connectivity index (χ3n) is 4.04. The summed E-state index contributed by atoms with van der Waals surface area (Å²) in [5.74, 6) is 1.30. The smallest absolute Gasteiger partial charge is 0.149 e. The molecule has 4 nitrogen and oxygen atoms in total. The fraction of sp³-hybridized carbons (Fsp3) is 0.200. The minimum atomic E-state index is 0.463. The number of fused-ring (bicyclic) bond motifs is 1. The molecular weight excluding hydrogens is 378 g/mol. The number of nitrogens with one attached hydrogen (secondary N) is 1. The average molecular weight is 396 g/mol. The first-order valence-corrected chi connectivity index (χ1v) is 8.82. The van der Waals surface area contributed by atoms with Crippen LogP contribution in [0.1, 0.15) is 29.4 Å². The molecule has 25 heavy (non-hydrogen) atoms. The van der Waals surface area contributed by atoms with Crippen molar-refractivity contribution in [3.63, 3.8) is 0 Å². The van der Waals surface area contributed by atoms with E-state index in [1.54, 1.807) is 6.08 Å². The van der Waals surface area contributed by atoms with Gasteiger partial charge in [-0.05, 0) is 68.3 Å². The van der Waals surface area contributed by atoms with Gasteiger partial charge in [-0.2, -0.15) is 5.26 Å². The molecule has 0 saturated carbocycles. The number of nitriles is 1. The van der Waals surface area contributed by atoms with E-state index >= 15 is 0 Å². The van der Waals surface area contributed by atoms with E-state index in [0.29, 0.717) is 18.0 Å². The number of nitrogens with zero attached hydrogens (tertiary/aromatic N) is 2. The predicted octanol–water partition coefficient (Wildman–Crippen LogP) is 5.41. The highest BCUT2D eigenvalue weighted by molar-refractivity contribution is 9.10. The van der Waals surface area contributed by atoms with E-state index in [1.165, 1.54) is 11.1 Å². The number of aromatic amines is 1. The molecule has 0 atom stereocenters. The van der Waals surface area contributed by atoms with Crippen molar-refractivity contribution in [2.45, 2.75) is 20.8 Å². The standard InChI is InChI=1S/C20H18BrN3O/c1-4-25-19-6-5-16(21)10-14(19)9-15(11-22)20-23-17-7-12(2)13(3)8-18(17)24-20/h5-10H,4H2,1-3H3,(H,23,24). The van der Waals surface area contributed by atoms with Crippen molar-refractivity contribution in [2.24, 2.45) is 0 Å². The van der Waals surface area contributed by atoms with Crippen molar-refractivity contribution in [1.82, 2.24) is 9.97 Å². The largest absolute Gasteiger partial charge is 0.493 e. The van der Waals surface area contributed by atoms with E-state index in [2.05, 4.69) is 51.9 Å². The van der Waals surface area contributed by atoms with Gasteiger partial charge in [0.25, 0.3) is 0 Å². The SMILES string of the molecule is CCOc1ccc(Br)cc1C=C(C#N)c1nc2cc(C)c(C)cc2[nH]1. The highest BCUT2D eigenvalue weighted by Gasteiger charge is 2.11. The molecule has 0 bridgehead atoms. The van der Waals surface area contributed by atoms with Gasteiger partial charge in [-0.3, -0.25) is 0 Å². The number of H-pyrrole nitrogens is 1. The fourth-order valence-electron chi connectivity index (χ4n) is 2.63. The lowest BCUT2D eigenvalue weighted by atomic mass is 10.1. The maximum atomic E-state index is 9.63. The summed E-state index contributed by atoms with van der Waals surface area (Å²) in [7, 11) is 0. The van der Waals surface area contributed by atoms with Crippen LogP contribution in [0.25, 0.3) is 22.7 Å². The van der Waals surface area contributed by atoms with Crippen molar-refractivity contribution < 1.29 is 4.74 Å². The summed E-state index contributed by atoms with van der Waals surface area (Å²) in [4.78, 5) is 7.83. The molecule has 0 saturated heterocycles. The monoisotopic (exact) mass is 395 g/mol. The Morgan fingerprint density at radius 2 is 2.04 bits per heavy atom. The summed E-state index contributed by atoms with van der Waals surface area (Å²) in [6.07, 6.45) is 1.80. The predicted molar refractivity (Wildman–Crippen MR) is 104 cm³/mol. The number of imidazole rings is 1. The molecule has 1 aromatic heterocycles. The minimum absolute atomic E-state index is 0.463. The summed E-state index contributed by atoms with van der Waals surface area (Å²) in [5, 5.41) is 9.63. The summed E-state index contributed by atoms with van der Waals surface area (Å²) in [5.41, 5.74) is 5.46. The molecule has 0 aliphatic rings. The minimum Gasteiger partial charge on any atom is -0.493 e. The van der Waals surface area contributed by atoms with Gasteiger partial charge in [-0.1, -0.05) is 15.9 Å². The topological polar surface area (TPSA) is 61.7 Å². The zero-order valence-corrected chi connectivity index (χ0v) is 15.9. The molecule has 2 aromatic carbocycles. The van der Waals surface area contributed by atoms with Crippen LogP contribution in [0.4, 0.5) is 0 Å². The first-order valence-electron chi connectivity index (χ1n) is 8.03. The summed E-state index contributed by atoms with van der Waals surface area (Å²) in [6, 6.07) is 12.1. The number of benzene rings is 2. The first kappa shape index (κ1) is 17.2. The summed E-state index contributed by atoms with van der Waals surface area (Å²) >= 11 is 3.47. The van der Waals surface area contributed by atoms with Crippen LogP contribution in [0.5, 0.6) is 5.75 Å². The van der Waals surface area contributed by atoms with Gasteiger partial charge in [0.05, 0.1) is 23.2 Å². The molecule has 0 aliphatic heterocycles. The Labute approximate surface area is 155 Å². The van der Waals surface area contributed by atoms with Crippen LogP contribution in [0.2, 0.25) is 0 Å². The van der Waals surface area contributed by atoms with E-state index < -0.39 is 0 Å². The highest BCUT2D eigenvalue weighted by atomic mass is 79.9. The Hall–Kier alpha value is -2.58. The zero-order chi connectivity index (χ0) is 18.0. The molecule has 126 valence electrons. The number of halogens is 1. The average Bonchev–Trinajstić information content (AvgIpc) is 2.98. The number of aromatic nitrogens is 2. The van der Waals surface area contributed by atoms with Crippen molar-refractivity contribution >= 4 is 38.6 Å². The third kappa shape index (κ3) is 3.59. The number of hydrogen-bond acceptors (Lipinski definition) is 3. The van der Waals surface area contributed by atoms with Gasteiger partial charge < -0.3 is 9.72 Å². The van der Waals surface area contributed by atoms with Crippen LogP contribution in [0.15, 0.2) is 34.8 Å². The van der Waals surface area contributed by atoms with Crippen molar-refractivity contribution in [1.29, 1.82) is 5.26 Å². The van der Waals surface area contributed by atoms with Gasteiger partial charge in [0.15, 0.2) is 0 Å². The molecule has 0 unspecified atom stereocenters. The molecule has 0 amide bonds. The first-order chi connectivity index (χ1) is 12.0. The van der Waals surface area contributed by atoms with Crippen LogP contribution in [0, 0.1) is 25.2 Å². The Morgan fingerprint density at radius 1 is 1.28 bits per heavy atom. The molecule has 0 spiro atoms. The summed E-state index contributed by atoms with van der Waals surface area (Å²) < 4.78 is 6.58. The van der Waals surface area contributed by atoms with Crippen LogP contribution < -0.4 is 4.74 Å². The maximum Gasteiger partial charge on any atom is 0.149 e. The lowest BCUT2D eigenvalue weighted by molar-refractivity contribution is 0.339. The molecule has 5 heteroatoms.